The van der Waals surface area contributed by atoms with E-state index in [1.807, 2.05) is 0 Å². The topological polar surface area (TPSA) is 34.1 Å². The molecule has 0 heterocycles. The molecule has 330 valence electrons. The van der Waals surface area contributed by atoms with E-state index in [9.17, 15) is 9.59 Å². The van der Waals surface area contributed by atoms with Crippen molar-refractivity contribution in [1.29, 1.82) is 0 Å². The molecule has 2 nitrogen and oxygen atoms in total. The SMILES string of the molecule is CCC=CCC(CCCCC(CC=CCC)CCCC(C)C(=O)C(CCCCC)CCCCCCCC)CCCC(C)C(=O)C(CCCC)CCCCCCC. The fourth-order valence-electron chi connectivity index (χ4n) is 9.17. The van der Waals surface area contributed by atoms with E-state index in [1.54, 1.807) is 0 Å². The number of unbranched alkanes of at least 4 members (excludes halogenated alkanes) is 13. The molecular weight excluding hydrogens is 681 g/mol. The molecule has 0 aliphatic carbocycles. The van der Waals surface area contributed by atoms with E-state index in [-0.39, 0.29) is 11.8 Å². The van der Waals surface area contributed by atoms with E-state index in [4.69, 9.17) is 0 Å². The van der Waals surface area contributed by atoms with Crippen molar-refractivity contribution >= 4 is 11.6 Å². The van der Waals surface area contributed by atoms with Gasteiger partial charge in [-0.3, -0.25) is 9.59 Å². The van der Waals surface area contributed by atoms with Crippen molar-refractivity contribution in [3.8, 4) is 0 Å². The fourth-order valence-corrected chi connectivity index (χ4v) is 9.17. The minimum atomic E-state index is 0.210. The maximum Gasteiger partial charge on any atom is 0.138 e. The molecule has 0 aromatic carbocycles. The molecule has 0 N–H and O–H groups in total. The molecule has 0 aliphatic heterocycles. The van der Waals surface area contributed by atoms with Crippen LogP contribution in [0.5, 0.6) is 0 Å². The first kappa shape index (κ1) is 54.8. The first-order valence-corrected chi connectivity index (χ1v) is 25.7. The van der Waals surface area contributed by atoms with Crippen LogP contribution < -0.4 is 0 Å². The van der Waals surface area contributed by atoms with Gasteiger partial charge in [-0.05, 0) is 76.0 Å². The van der Waals surface area contributed by atoms with Crippen molar-refractivity contribution in [2.45, 2.75) is 274 Å². The molecular formula is C54H102O2. The summed E-state index contributed by atoms with van der Waals surface area (Å²) < 4.78 is 0. The molecule has 0 saturated carbocycles. The third-order valence-electron chi connectivity index (χ3n) is 13.1. The zero-order valence-corrected chi connectivity index (χ0v) is 39.6. The summed E-state index contributed by atoms with van der Waals surface area (Å²) in [5, 5.41) is 0. The molecule has 6 unspecified atom stereocenters. The highest BCUT2D eigenvalue weighted by Crippen LogP contribution is 2.30. The van der Waals surface area contributed by atoms with Crippen molar-refractivity contribution in [1.82, 2.24) is 0 Å². The number of carbonyl (C=O) groups is 2. The minimum absolute atomic E-state index is 0.210. The summed E-state index contributed by atoms with van der Waals surface area (Å²) in [5.74, 6) is 3.63. The highest BCUT2D eigenvalue weighted by molar-refractivity contribution is 5.83. The van der Waals surface area contributed by atoms with Crippen LogP contribution in [0, 0.1) is 35.5 Å². The van der Waals surface area contributed by atoms with E-state index in [1.165, 1.54) is 167 Å². The standard InChI is InChI=1S/C54H102O2/c1-9-15-21-23-25-30-46-52(44-28-19-13-5)54(56)48(8)36-34-42-50(38-27-18-12-4)40-32-31-39-49(37-26-17-11-3)41-33-35-47(7)53(55)51(43-20-14-6)45-29-24-22-16-10-2/h17-18,26-27,47-52H,9-16,19-25,28-46H2,1-8H3. The lowest BCUT2D eigenvalue weighted by molar-refractivity contribution is -0.127. The largest absolute Gasteiger partial charge is 0.299 e. The Balaban J connectivity index is 5.04. The molecule has 0 saturated heterocycles. The molecule has 0 aromatic heterocycles. The third-order valence-corrected chi connectivity index (χ3v) is 13.1. The molecule has 0 aromatic rings. The van der Waals surface area contributed by atoms with Gasteiger partial charge in [0, 0.05) is 23.7 Å². The zero-order chi connectivity index (χ0) is 41.5. The molecule has 0 aliphatic rings. The summed E-state index contributed by atoms with van der Waals surface area (Å²) in [4.78, 5) is 27.3. The number of ketones is 2. The van der Waals surface area contributed by atoms with Gasteiger partial charge < -0.3 is 0 Å². The lowest BCUT2D eigenvalue weighted by Crippen LogP contribution is -2.22. The van der Waals surface area contributed by atoms with E-state index >= 15 is 0 Å². The summed E-state index contributed by atoms with van der Waals surface area (Å²) in [6, 6.07) is 0. The fraction of sp³-hybridized carbons (Fsp3) is 0.889. The molecule has 0 fully saturated rings. The summed E-state index contributed by atoms with van der Waals surface area (Å²) in [6.07, 6.45) is 51.4. The van der Waals surface area contributed by atoms with Crippen molar-refractivity contribution < 1.29 is 9.59 Å². The maximum atomic E-state index is 13.7. The molecule has 0 rings (SSSR count). The van der Waals surface area contributed by atoms with Crippen molar-refractivity contribution in [2.75, 3.05) is 0 Å². The van der Waals surface area contributed by atoms with E-state index in [2.05, 4.69) is 79.7 Å². The Morgan fingerprint density at radius 2 is 0.643 bits per heavy atom. The molecule has 2 heteroatoms. The highest BCUT2D eigenvalue weighted by Gasteiger charge is 2.25. The number of Topliss-reactive ketones (excluding diaryl/α,β-unsaturated/α-hetero) is 2. The summed E-state index contributed by atoms with van der Waals surface area (Å²) in [6.45, 7) is 18.1. The van der Waals surface area contributed by atoms with Crippen LogP contribution in [-0.4, -0.2) is 11.6 Å². The van der Waals surface area contributed by atoms with Gasteiger partial charge >= 0.3 is 0 Å². The number of carbonyl (C=O) groups excluding carboxylic acids is 2. The van der Waals surface area contributed by atoms with Gasteiger partial charge in [-0.25, -0.2) is 0 Å². The number of hydrogen-bond donors (Lipinski definition) is 0. The molecule has 0 amide bonds. The van der Waals surface area contributed by atoms with Crippen LogP contribution in [0.2, 0.25) is 0 Å². The van der Waals surface area contributed by atoms with Crippen LogP contribution in [0.25, 0.3) is 0 Å². The van der Waals surface area contributed by atoms with Crippen LogP contribution in [0.1, 0.15) is 274 Å². The molecule has 6 atom stereocenters. The van der Waals surface area contributed by atoms with Crippen LogP contribution in [-0.2, 0) is 9.59 Å². The second-order valence-corrected chi connectivity index (χ2v) is 18.5. The highest BCUT2D eigenvalue weighted by atomic mass is 16.1. The van der Waals surface area contributed by atoms with Crippen LogP contribution in [0.3, 0.4) is 0 Å². The van der Waals surface area contributed by atoms with Gasteiger partial charge in [-0.2, -0.15) is 0 Å². The third kappa shape index (κ3) is 30.8. The second kappa shape index (κ2) is 40.6. The number of rotatable bonds is 43. The van der Waals surface area contributed by atoms with Crippen LogP contribution in [0.15, 0.2) is 24.3 Å². The Kier molecular flexibility index (Phi) is 39.7. The van der Waals surface area contributed by atoms with E-state index in [0.717, 1.165) is 63.2 Å². The second-order valence-electron chi connectivity index (χ2n) is 18.5. The van der Waals surface area contributed by atoms with Crippen molar-refractivity contribution in [2.24, 2.45) is 35.5 Å². The Hall–Kier alpha value is -1.18. The van der Waals surface area contributed by atoms with Gasteiger partial charge in [0.2, 0.25) is 0 Å². The van der Waals surface area contributed by atoms with Crippen molar-refractivity contribution in [3.63, 3.8) is 0 Å². The van der Waals surface area contributed by atoms with Crippen molar-refractivity contribution in [3.05, 3.63) is 24.3 Å². The number of hydrogen-bond acceptors (Lipinski definition) is 2. The van der Waals surface area contributed by atoms with Crippen LogP contribution in [0.4, 0.5) is 0 Å². The van der Waals surface area contributed by atoms with Gasteiger partial charge in [0.25, 0.3) is 0 Å². The molecule has 0 spiro atoms. The quantitative estimate of drug-likeness (QED) is 0.0456. The van der Waals surface area contributed by atoms with E-state index < -0.39 is 0 Å². The van der Waals surface area contributed by atoms with E-state index in [0.29, 0.717) is 23.4 Å². The smallest absolute Gasteiger partial charge is 0.138 e. The minimum Gasteiger partial charge on any atom is -0.299 e. The van der Waals surface area contributed by atoms with Gasteiger partial charge in [0.1, 0.15) is 11.6 Å². The molecule has 0 radical (unpaired) electrons. The predicted molar refractivity (Wildman–Crippen MR) is 252 cm³/mol. The Labute approximate surface area is 353 Å². The molecule has 56 heavy (non-hydrogen) atoms. The lowest BCUT2D eigenvalue weighted by Gasteiger charge is -2.22. The number of allylic oxidation sites excluding steroid dienone is 4. The summed E-state index contributed by atoms with van der Waals surface area (Å²) >= 11 is 0. The first-order chi connectivity index (χ1) is 27.3. The van der Waals surface area contributed by atoms with Gasteiger partial charge in [0.05, 0.1) is 0 Å². The van der Waals surface area contributed by atoms with Gasteiger partial charge in [0.15, 0.2) is 0 Å². The van der Waals surface area contributed by atoms with Gasteiger partial charge in [-0.15, -0.1) is 0 Å². The Bertz CT molecular complexity index is 915. The Morgan fingerprint density at radius 1 is 0.339 bits per heavy atom. The molecule has 0 bridgehead atoms. The first-order valence-electron chi connectivity index (χ1n) is 25.7. The lowest BCUT2D eigenvalue weighted by atomic mass is 9.82. The Morgan fingerprint density at radius 3 is 1.04 bits per heavy atom. The average Bonchev–Trinajstić information content (AvgIpc) is 3.20. The monoisotopic (exact) mass is 783 g/mol. The van der Waals surface area contributed by atoms with Crippen LogP contribution >= 0.6 is 0 Å². The van der Waals surface area contributed by atoms with Gasteiger partial charge in [-0.1, -0.05) is 234 Å². The average molecular weight is 783 g/mol. The predicted octanol–water partition coefficient (Wildman–Crippen LogP) is 18.4. The normalized spacial score (nSPS) is 15.4. The summed E-state index contributed by atoms with van der Waals surface area (Å²) in [7, 11) is 0. The zero-order valence-electron chi connectivity index (χ0n) is 39.6. The maximum absolute atomic E-state index is 13.7. The summed E-state index contributed by atoms with van der Waals surface area (Å²) in [5.41, 5.74) is 0.